The third kappa shape index (κ3) is 5.84. The Labute approximate surface area is 156 Å². The van der Waals surface area contributed by atoms with Crippen LogP contribution in [0.1, 0.15) is 64.5 Å². The Balaban J connectivity index is 2.26. The maximum absolute atomic E-state index is 13.0. The zero-order chi connectivity index (χ0) is 19.2. The number of methoxy groups -OCH3 is 1. The maximum Gasteiger partial charge on any atom is 0.327 e. The summed E-state index contributed by atoms with van der Waals surface area (Å²) in [4.78, 5) is 25.4. The van der Waals surface area contributed by atoms with Crippen LogP contribution in [0.25, 0.3) is 0 Å². The van der Waals surface area contributed by atoms with E-state index in [1.54, 1.807) is 0 Å². The zero-order valence-corrected chi connectivity index (χ0v) is 16.4. The normalized spacial score (nSPS) is 18.0. The van der Waals surface area contributed by atoms with Gasteiger partial charge in [0.05, 0.1) is 13.2 Å². The van der Waals surface area contributed by atoms with Gasteiger partial charge in [-0.3, -0.25) is 10.1 Å². The van der Waals surface area contributed by atoms with Crippen molar-refractivity contribution in [3.8, 4) is 0 Å². The van der Waals surface area contributed by atoms with Crippen molar-refractivity contribution in [1.29, 1.82) is 0 Å². The predicted molar refractivity (Wildman–Crippen MR) is 103 cm³/mol. The lowest BCUT2D eigenvalue weighted by molar-refractivity contribution is -0.144. The Morgan fingerprint density at radius 1 is 1.08 bits per heavy atom. The van der Waals surface area contributed by atoms with Crippen LogP contribution in [-0.4, -0.2) is 30.6 Å². The van der Waals surface area contributed by atoms with Gasteiger partial charge in [-0.05, 0) is 45.1 Å². The van der Waals surface area contributed by atoms with Gasteiger partial charge >= 0.3 is 5.97 Å². The molecule has 1 aliphatic rings. The topological polar surface area (TPSA) is 67.4 Å². The molecule has 0 aromatic heterocycles. The molecule has 0 heterocycles. The molecule has 2 unspecified atom stereocenters. The summed E-state index contributed by atoms with van der Waals surface area (Å²) in [6, 6.07) is 8.37. The second kappa shape index (κ2) is 9.17. The van der Waals surface area contributed by atoms with Gasteiger partial charge in [-0.2, -0.15) is 0 Å². The van der Waals surface area contributed by atoms with Crippen LogP contribution < -0.4 is 10.6 Å². The van der Waals surface area contributed by atoms with Crippen molar-refractivity contribution < 1.29 is 14.3 Å². The summed E-state index contributed by atoms with van der Waals surface area (Å²) in [7, 11) is 1.38. The molecular formula is C21H32N2O3. The smallest absolute Gasteiger partial charge is 0.327 e. The van der Waals surface area contributed by atoms with Crippen molar-refractivity contribution in [3.05, 3.63) is 35.9 Å². The molecule has 1 fully saturated rings. The average Bonchev–Trinajstić information content (AvgIpc) is 2.62. The van der Waals surface area contributed by atoms with Gasteiger partial charge in [-0.25, -0.2) is 4.79 Å². The summed E-state index contributed by atoms with van der Waals surface area (Å²) < 4.78 is 5.00. The molecule has 1 aromatic carbocycles. The molecule has 144 valence electrons. The van der Waals surface area contributed by atoms with Gasteiger partial charge in [-0.1, -0.05) is 49.6 Å². The van der Waals surface area contributed by atoms with E-state index in [-0.39, 0.29) is 23.3 Å². The molecule has 5 heteroatoms. The van der Waals surface area contributed by atoms with Gasteiger partial charge in [-0.15, -0.1) is 0 Å². The van der Waals surface area contributed by atoms with Crippen LogP contribution in [0, 0.1) is 5.92 Å². The van der Waals surface area contributed by atoms with Crippen LogP contribution in [-0.2, 0) is 14.3 Å². The van der Waals surface area contributed by atoms with Gasteiger partial charge in [0.15, 0.2) is 0 Å². The molecule has 1 aromatic rings. The van der Waals surface area contributed by atoms with E-state index in [4.69, 9.17) is 4.74 Å². The fourth-order valence-electron chi connectivity index (χ4n) is 3.58. The van der Waals surface area contributed by atoms with Crippen LogP contribution in [0.15, 0.2) is 30.3 Å². The first-order valence-electron chi connectivity index (χ1n) is 9.52. The molecule has 0 bridgehead atoms. The third-order valence-corrected chi connectivity index (χ3v) is 4.82. The highest BCUT2D eigenvalue weighted by Crippen LogP contribution is 2.29. The first-order valence-corrected chi connectivity index (χ1v) is 9.52. The number of ether oxygens (including phenoxy) is 1. The Morgan fingerprint density at radius 3 is 2.23 bits per heavy atom. The van der Waals surface area contributed by atoms with Gasteiger partial charge in [0.25, 0.3) is 0 Å². The van der Waals surface area contributed by atoms with E-state index < -0.39 is 12.1 Å². The van der Waals surface area contributed by atoms with Crippen LogP contribution in [0.2, 0.25) is 0 Å². The minimum absolute atomic E-state index is 0.0470. The van der Waals surface area contributed by atoms with E-state index in [1.807, 2.05) is 51.1 Å². The molecule has 0 saturated heterocycles. The second-order valence-corrected chi connectivity index (χ2v) is 8.15. The minimum atomic E-state index is -0.654. The molecule has 26 heavy (non-hydrogen) atoms. The number of benzene rings is 1. The number of carbonyl (C=O) groups excluding carboxylic acids is 2. The highest BCUT2D eigenvalue weighted by Gasteiger charge is 2.35. The third-order valence-electron chi connectivity index (χ3n) is 4.82. The fourth-order valence-corrected chi connectivity index (χ4v) is 3.58. The quantitative estimate of drug-likeness (QED) is 0.764. The molecule has 1 saturated carbocycles. The SMILES string of the molecule is COC(=O)C(NC(C(=O)NC(C)(C)C)C1CCCCC1)c1ccccc1. The van der Waals surface area contributed by atoms with Gasteiger partial charge < -0.3 is 10.1 Å². The van der Waals surface area contributed by atoms with E-state index >= 15 is 0 Å². The van der Waals surface area contributed by atoms with E-state index in [2.05, 4.69) is 10.6 Å². The van der Waals surface area contributed by atoms with Crippen LogP contribution in [0.5, 0.6) is 0 Å². The fraction of sp³-hybridized carbons (Fsp3) is 0.619. The first kappa shape index (κ1) is 20.4. The molecule has 2 N–H and O–H groups in total. The van der Waals surface area contributed by atoms with Crippen LogP contribution in [0.4, 0.5) is 0 Å². The molecule has 0 spiro atoms. The summed E-state index contributed by atoms with van der Waals surface area (Å²) in [5.74, 6) is -0.197. The van der Waals surface area contributed by atoms with Crippen molar-refractivity contribution in [2.45, 2.75) is 70.5 Å². The molecule has 0 aliphatic heterocycles. The lowest BCUT2D eigenvalue weighted by Crippen LogP contribution is -2.55. The van der Waals surface area contributed by atoms with Crippen LogP contribution in [0.3, 0.4) is 0 Å². The highest BCUT2D eigenvalue weighted by atomic mass is 16.5. The largest absolute Gasteiger partial charge is 0.468 e. The van der Waals surface area contributed by atoms with Crippen molar-refractivity contribution in [2.75, 3.05) is 7.11 Å². The highest BCUT2D eigenvalue weighted by molar-refractivity contribution is 5.84. The van der Waals surface area contributed by atoms with Gasteiger partial charge in [0.2, 0.25) is 5.91 Å². The molecule has 5 nitrogen and oxygen atoms in total. The number of rotatable bonds is 6. The standard InChI is InChI=1S/C21H32N2O3/c1-21(2,3)23-19(24)17(15-11-7-5-8-12-15)22-18(20(25)26-4)16-13-9-6-10-14-16/h6,9-10,13-15,17-18,22H,5,7-8,11-12H2,1-4H3,(H,23,24). The van der Waals surface area contributed by atoms with E-state index in [1.165, 1.54) is 13.5 Å². The Morgan fingerprint density at radius 2 is 1.69 bits per heavy atom. The summed E-state index contributed by atoms with van der Waals surface area (Å²) in [6.45, 7) is 5.91. The number of hydrogen-bond donors (Lipinski definition) is 2. The van der Waals surface area contributed by atoms with Gasteiger partial charge in [0, 0.05) is 5.54 Å². The van der Waals surface area contributed by atoms with Crippen LogP contribution >= 0.6 is 0 Å². The molecule has 1 amide bonds. The van der Waals surface area contributed by atoms with Crippen molar-refractivity contribution >= 4 is 11.9 Å². The zero-order valence-electron chi connectivity index (χ0n) is 16.4. The second-order valence-electron chi connectivity index (χ2n) is 8.15. The molecule has 2 rings (SSSR count). The Kier molecular flexibility index (Phi) is 7.21. The lowest BCUT2D eigenvalue weighted by atomic mass is 9.82. The summed E-state index contributed by atoms with van der Waals surface area (Å²) in [5.41, 5.74) is 0.489. The number of esters is 1. The summed E-state index contributed by atoms with van der Waals surface area (Å²) in [6.07, 6.45) is 5.46. The van der Waals surface area contributed by atoms with Crippen molar-refractivity contribution in [3.63, 3.8) is 0 Å². The van der Waals surface area contributed by atoms with Crippen molar-refractivity contribution in [1.82, 2.24) is 10.6 Å². The Hall–Kier alpha value is -1.88. The average molecular weight is 360 g/mol. The van der Waals surface area contributed by atoms with E-state index in [0.717, 1.165) is 31.2 Å². The first-order chi connectivity index (χ1) is 12.3. The summed E-state index contributed by atoms with van der Waals surface area (Å²) >= 11 is 0. The maximum atomic E-state index is 13.0. The van der Waals surface area contributed by atoms with E-state index in [9.17, 15) is 9.59 Å². The molecule has 0 radical (unpaired) electrons. The van der Waals surface area contributed by atoms with E-state index in [0.29, 0.717) is 0 Å². The monoisotopic (exact) mass is 360 g/mol. The number of amides is 1. The molecule has 1 aliphatic carbocycles. The number of nitrogens with one attached hydrogen (secondary N) is 2. The number of carbonyl (C=O) groups is 2. The summed E-state index contributed by atoms with van der Waals surface area (Å²) in [5, 5.41) is 6.40. The molecule has 2 atom stereocenters. The molecular weight excluding hydrogens is 328 g/mol. The minimum Gasteiger partial charge on any atom is -0.468 e. The van der Waals surface area contributed by atoms with Crippen molar-refractivity contribution in [2.24, 2.45) is 5.92 Å². The lowest BCUT2D eigenvalue weighted by Gasteiger charge is -2.34. The predicted octanol–water partition coefficient (Wildman–Crippen LogP) is 3.35. The Bertz CT molecular complexity index is 589. The number of hydrogen-bond acceptors (Lipinski definition) is 4. The van der Waals surface area contributed by atoms with Gasteiger partial charge in [0.1, 0.15) is 6.04 Å².